The van der Waals surface area contributed by atoms with Gasteiger partial charge >= 0.3 is 13.5 Å². The van der Waals surface area contributed by atoms with E-state index in [2.05, 4.69) is 25.4 Å². The molecule has 1 radical (unpaired) electrons. The second-order valence-corrected chi connectivity index (χ2v) is 19.3. The average Bonchev–Trinajstić information content (AvgIpc) is 3.53. The first-order valence-corrected chi connectivity index (χ1v) is 26.9. The molecule has 1 saturated heterocycles. The summed E-state index contributed by atoms with van der Waals surface area (Å²) < 4.78 is 42.6. The quantitative estimate of drug-likeness (QED) is 0.0247. The molecule has 1 unspecified atom stereocenters. The van der Waals surface area contributed by atoms with Crippen molar-refractivity contribution in [3.05, 3.63) is 34.9 Å². The van der Waals surface area contributed by atoms with Crippen LogP contribution in [0.4, 0.5) is 5.82 Å². The van der Waals surface area contributed by atoms with E-state index in [1.807, 2.05) is 0 Å². The van der Waals surface area contributed by atoms with Crippen molar-refractivity contribution in [1.82, 2.24) is 9.55 Å². The van der Waals surface area contributed by atoms with Gasteiger partial charge in [0.15, 0.2) is 6.23 Å². The number of nitrogen functional groups attached to an aromatic ring is 1. The van der Waals surface area contributed by atoms with Gasteiger partial charge in [-0.1, -0.05) is 213 Å². The molecule has 12 nitrogen and oxygen atoms in total. The first-order valence-electron chi connectivity index (χ1n) is 25.4. The van der Waals surface area contributed by atoms with Crippen molar-refractivity contribution in [3.63, 3.8) is 0 Å². The second-order valence-electron chi connectivity index (χ2n) is 17.8. The molecule has 0 spiro atoms. The van der Waals surface area contributed by atoms with Crippen LogP contribution in [0, 0.1) is 0 Å². The molecule has 4 N–H and O–H groups in total. The van der Waals surface area contributed by atoms with Crippen LogP contribution in [0.5, 0.6) is 0 Å². The van der Waals surface area contributed by atoms with E-state index in [0.29, 0.717) is 13.2 Å². The van der Waals surface area contributed by atoms with Crippen molar-refractivity contribution in [1.29, 1.82) is 0 Å². The van der Waals surface area contributed by atoms with Crippen LogP contribution in [0.2, 0.25) is 0 Å². The fourth-order valence-corrected chi connectivity index (χ4v) is 8.85. The van der Waals surface area contributed by atoms with Crippen LogP contribution in [0.3, 0.4) is 0 Å². The average molecular weight is 921 g/mol. The first kappa shape index (κ1) is 60.4. The van der Waals surface area contributed by atoms with Gasteiger partial charge in [-0.05, 0) is 18.9 Å². The van der Waals surface area contributed by atoms with Gasteiger partial charge in [0.2, 0.25) is 0 Å². The van der Waals surface area contributed by atoms with Crippen molar-refractivity contribution in [2.24, 2.45) is 0 Å². The number of aromatic nitrogens is 2. The van der Waals surface area contributed by atoms with Crippen LogP contribution < -0.4 is 11.4 Å². The third-order valence-corrected chi connectivity index (χ3v) is 13.0. The van der Waals surface area contributed by atoms with Gasteiger partial charge in [0.05, 0.1) is 19.8 Å². The molecule has 0 aromatic carbocycles. The van der Waals surface area contributed by atoms with Gasteiger partial charge in [-0.2, -0.15) is 4.98 Å². The summed E-state index contributed by atoms with van der Waals surface area (Å²) >= 11 is 0. The second kappa shape index (κ2) is 40.4. The summed E-state index contributed by atoms with van der Waals surface area (Å²) in [4.78, 5) is 26.6. The molecule has 1 aliphatic rings. The molecule has 0 amide bonds. The number of hydrogen-bond donors (Lipinski definition) is 3. The van der Waals surface area contributed by atoms with Crippen molar-refractivity contribution in [2.75, 3.05) is 38.8 Å². The van der Waals surface area contributed by atoms with Crippen molar-refractivity contribution in [3.8, 4) is 0 Å². The van der Waals surface area contributed by atoms with Gasteiger partial charge in [0, 0.05) is 54.5 Å². The molecule has 1 aliphatic heterocycles. The maximum Gasteiger partial charge on any atom is 0.472 e. The van der Waals surface area contributed by atoms with E-state index in [4.69, 9.17) is 29.0 Å². The molecule has 5 atom stereocenters. The van der Waals surface area contributed by atoms with Gasteiger partial charge in [0.1, 0.15) is 24.1 Å². The predicted molar refractivity (Wildman–Crippen MR) is 259 cm³/mol. The minimum atomic E-state index is -4.56. The summed E-state index contributed by atoms with van der Waals surface area (Å²) in [5.41, 5.74) is 5.10. The Hall–Kier alpha value is -0.630. The summed E-state index contributed by atoms with van der Waals surface area (Å²) in [7, 11) is -4.56. The predicted octanol–water partition coefficient (Wildman–Crippen LogP) is 12.3. The number of anilines is 1. The minimum Gasteiger partial charge on any atom is -0.386 e. The normalized spacial score (nSPS) is 17.8. The van der Waals surface area contributed by atoms with E-state index in [-0.39, 0.29) is 54.2 Å². The van der Waals surface area contributed by atoms with Crippen LogP contribution in [0.15, 0.2) is 29.2 Å². The fraction of sp³-hybridized carbons (Fsp3) is 0.878. The molecular weight excluding hydrogens is 829 g/mol. The topological polar surface area (TPSA) is 165 Å². The Morgan fingerprint density at radius 2 is 1.11 bits per heavy atom. The van der Waals surface area contributed by atoms with E-state index >= 15 is 0 Å². The number of phosphoric acid groups is 1. The maximum atomic E-state index is 13.0. The molecule has 0 aliphatic carbocycles. The standard InChI is InChI=1S/C49H92N3O9P.Na/c1-4-6-8-10-12-14-16-18-20-22-24-26-28-30-32-34-38-57-40-44(58-39-35-33-31-29-27-25-23-21-19-17-15-13-11-9-7-5-2)41-59-62(55,56)60-42-45-47(53)43(3)48(61-45)52-37-36-46(50)51-49(52)54;/h36-37,44-45,47-48,53H,3-35,38-42H2,1-2H3,(H,55,56)(H2,50,51,54);/t44-,45-,47+,48-;/m1./s1. The Bertz CT molecular complexity index is 1340. The number of ether oxygens (including phenoxy) is 3. The number of rotatable bonds is 44. The van der Waals surface area contributed by atoms with E-state index in [9.17, 15) is 19.4 Å². The number of phosphoric ester groups is 1. The van der Waals surface area contributed by atoms with E-state index in [1.54, 1.807) is 0 Å². The summed E-state index contributed by atoms with van der Waals surface area (Å²) in [6.07, 6.45) is 39.2. The molecule has 0 bridgehead atoms. The zero-order chi connectivity index (χ0) is 44.9. The molecule has 1 aromatic rings. The molecule has 363 valence electrons. The zero-order valence-corrected chi connectivity index (χ0v) is 43.4. The molecule has 63 heavy (non-hydrogen) atoms. The van der Waals surface area contributed by atoms with Crippen molar-refractivity contribution < 1.29 is 37.8 Å². The monoisotopic (exact) mass is 921 g/mol. The summed E-state index contributed by atoms with van der Waals surface area (Å²) in [6, 6.07) is 1.42. The van der Waals surface area contributed by atoms with E-state index in [1.165, 1.54) is 192 Å². The number of hydrogen-bond acceptors (Lipinski definition) is 10. The van der Waals surface area contributed by atoms with Crippen LogP contribution >= 0.6 is 7.82 Å². The number of aliphatic hydroxyl groups excluding tert-OH is 1. The van der Waals surface area contributed by atoms with Crippen LogP contribution in [-0.2, 0) is 27.8 Å². The Balaban J connectivity index is 0.0000198. The van der Waals surface area contributed by atoms with Crippen molar-refractivity contribution in [2.45, 2.75) is 244 Å². The van der Waals surface area contributed by atoms with Crippen LogP contribution in [0.25, 0.3) is 0 Å². The smallest absolute Gasteiger partial charge is 0.386 e. The largest absolute Gasteiger partial charge is 0.472 e. The molecular formula is C49H92N3NaO9P. The number of aliphatic hydroxyl groups is 1. The maximum absolute atomic E-state index is 13.0. The Morgan fingerprint density at radius 3 is 1.54 bits per heavy atom. The summed E-state index contributed by atoms with van der Waals surface area (Å²) in [5.74, 6) is 0.0478. The van der Waals surface area contributed by atoms with E-state index in [0.717, 1.165) is 30.3 Å². The summed E-state index contributed by atoms with van der Waals surface area (Å²) in [5, 5.41) is 10.7. The fourth-order valence-electron chi connectivity index (χ4n) is 8.08. The summed E-state index contributed by atoms with van der Waals surface area (Å²) in [6.45, 7) is 9.07. The van der Waals surface area contributed by atoms with E-state index < -0.39 is 44.7 Å². The number of nitrogens with zero attached hydrogens (tertiary/aromatic N) is 2. The van der Waals surface area contributed by atoms with Gasteiger partial charge in [-0.3, -0.25) is 13.6 Å². The Morgan fingerprint density at radius 1 is 0.698 bits per heavy atom. The molecule has 1 aromatic heterocycles. The third kappa shape index (κ3) is 31.1. The third-order valence-electron chi connectivity index (χ3n) is 12.1. The molecule has 14 heteroatoms. The van der Waals surface area contributed by atoms with Gasteiger partial charge in [-0.25, -0.2) is 9.36 Å². The molecule has 0 saturated carbocycles. The molecule has 1 fully saturated rings. The van der Waals surface area contributed by atoms with Crippen LogP contribution in [0.1, 0.15) is 226 Å². The zero-order valence-electron chi connectivity index (χ0n) is 40.5. The van der Waals surface area contributed by atoms with Crippen LogP contribution in [-0.4, -0.2) is 100 Å². The van der Waals surface area contributed by atoms with Crippen molar-refractivity contribution >= 4 is 43.2 Å². The SMILES string of the molecule is C=C1[C@H](n2ccc(N)nc2=O)O[C@H](COP(=O)(O)OC[C@@H](COCCCCCCCCCCCCCCCCCC)OCCCCCCCCCCCCCCCCCC)[C@H]1O.[Na]. The van der Waals surface area contributed by atoms with Gasteiger partial charge in [0.25, 0.3) is 0 Å². The van der Waals surface area contributed by atoms with Gasteiger partial charge < -0.3 is 29.9 Å². The molecule has 2 heterocycles. The van der Waals surface area contributed by atoms with Gasteiger partial charge in [-0.15, -0.1) is 0 Å². The first-order chi connectivity index (χ1) is 30.2. The Labute approximate surface area is 405 Å². The number of unbranched alkanes of at least 4 members (excludes halogenated alkanes) is 30. The minimum absolute atomic E-state index is 0. The Kier molecular flexibility index (Phi) is 38.8. The molecule has 2 rings (SSSR count). The number of nitrogens with two attached hydrogens (primary N) is 1.